The van der Waals surface area contributed by atoms with Crippen LogP contribution in [-0.2, 0) is 6.54 Å². The summed E-state index contributed by atoms with van der Waals surface area (Å²) in [6.45, 7) is 3.40. The van der Waals surface area contributed by atoms with Gasteiger partial charge in [0.15, 0.2) is 0 Å². The Hall–Kier alpha value is -2.18. The molecule has 3 rings (SSSR count). The van der Waals surface area contributed by atoms with Gasteiger partial charge < -0.3 is 10.6 Å². The van der Waals surface area contributed by atoms with Crippen LogP contribution in [0.2, 0.25) is 5.02 Å². The number of hydrogen-bond acceptors (Lipinski definition) is 4. The van der Waals surface area contributed by atoms with E-state index >= 15 is 0 Å². The molecule has 0 aliphatic carbocycles. The highest BCUT2D eigenvalue weighted by Crippen LogP contribution is 2.24. The van der Waals surface area contributed by atoms with Crippen molar-refractivity contribution in [3.63, 3.8) is 0 Å². The van der Waals surface area contributed by atoms with E-state index in [4.69, 9.17) is 17.3 Å². The summed E-state index contributed by atoms with van der Waals surface area (Å²) in [5, 5.41) is 0.167. The summed E-state index contributed by atoms with van der Waals surface area (Å²) in [7, 11) is 0. The van der Waals surface area contributed by atoms with E-state index in [0.717, 1.165) is 31.3 Å². The number of nitrogens with zero attached hydrogens (tertiary/aromatic N) is 3. The molecule has 0 radical (unpaired) electrons. The Bertz CT molecular complexity index is 733. The third kappa shape index (κ3) is 3.66. The van der Waals surface area contributed by atoms with Gasteiger partial charge in [0.25, 0.3) is 5.91 Å². The number of nitrogen functional groups attached to an aromatic ring is 1. The molecule has 0 spiro atoms. The molecule has 2 N–H and O–H groups in total. The first-order valence-electron chi connectivity index (χ1n) is 7.69. The molecule has 24 heavy (non-hydrogen) atoms. The zero-order chi connectivity index (χ0) is 17.1. The van der Waals surface area contributed by atoms with E-state index in [2.05, 4.69) is 9.88 Å². The minimum atomic E-state index is -0.666. The number of pyridine rings is 1. The molecule has 7 heteroatoms. The van der Waals surface area contributed by atoms with Crippen LogP contribution in [0.4, 0.5) is 10.1 Å². The number of aromatic nitrogens is 1. The van der Waals surface area contributed by atoms with Crippen molar-refractivity contribution in [1.29, 1.82) is 0 Å². The number of benzene rings is 1. The van der Waals surface area contributed by atoms with Crippen molar-refractivity contribution in [2.45, 2.75) is 6.54 Å². The average Bonchev–Trinajstić information content (AvgIpc) is 2.59. The Morgan fingerprint density at radius 2 is 2.04 bits per heavy atom. The summed E-state index contributed by atoms with van der Waals surface area (Å²) in [6, 6.07) is 6.47. The minimum Gasteiger partial charge on any atom is -0.396 e. The number of hydrogen-bond donors (Lipinski definition) is 1. The summed E-state index contributed by atoms with van der Waals surface area (Å²) < 4.78 is 13.7. The predicted molar refractivity (Wildman–Crippen MR) is 91.2 cm³/mol. The molecule has 1 aliphatic heterocycles. The van der Waals surface area contributed by atoms with Gasteiger partial charge in [0.2, 0.25) is 0 Å². The second-order valence-corrected chi connectivity index (χ2v) is 6.21. The maximum absolute atomic E-state index is 13.7. The van der Waals surface area contributed by atoms with Gasteiger partial charge in [-0.25, -0.2) is 4.39 Å². The number of nitrogens with two attached hydrogens (primary N) is 1. The Morgan fingerprint density at radius 1 is 1.29 bits per heavy atom. The Labute approximate surface area is 144 Å². The highest BCUT2D eigenvalue weighted by Gasteiger charge is 2.24. The van der Waals surface area contributed by atoms with Crippen LogP contribution in [0, 0.1) is 5.82 Å². The number of carbonyl (C=O) groups is 1. The normalized spacial score (nSPS) is 15.5. The SMILES string of the molecule is Nc1c(F)cc(Cl)cc1C(=O)N1CCN(Cc2cccnc2)CC1. The molecular formula is C17H18ClFN4O. The second-order valence-electron chi connectivity index (χ2n) is 5.78. The molecule has 2 aromatic rings. The fourth-order valence-electron chi connectivity index (χ4n) is 2.79. The maximum atomic E-state index is 13.7. The maximum Gasteiger partial charge on any atom is 0.256 e. The van der Waals surface area contributed by atoms with Crippen LogP contribution in [0.25, 0.3) is 0 Å². The van der Waals surface area contributed by atoms with Gasteiger partial charge in [-0.2, -0.15) is 0 Å². The number of anilines is 1. The summed E-state index contributed by atoms with van der Waals surface area (Å²) in [4.78, 5) is 20.6. The fraction of sp³-hybridized carbons (Fsp3) is 0.294. The second kappa shape index (κ2) is 7.15. The molecule has 0 unspecified atom stereocenters. The minimum absolute atomic E-state index is 0.126. The number of rotatable bonds is 3. The van der Waals surface area contributed by atoms with E-state index in [1.54, 1.807) is 11.1 Å². The van der Waals surface area contributed by atoms with Crippen molar-refractivity contribution in [2.24, 2.45) is 0 Å². The first-order valence-corrected chi connectivity index (χ1v) is 8.07. The van der Waals surface area contributed by atoms with Gasteiger partial charge in [-0.05, 0) is 23.8 Å². The molecular weight excluding hydrogens is 331 g/mol. The Kier molecular flexibility index (Phi) is 4.97. The highest BCUT2D eigenvalue weighted by molar-refractivity contribution is 6.31. The Balaban J connectivity index is 1.63. The number of carbonyl (C=O) groups excluding carboxylic acids is 1. The van der Waals surface area contributed by atoms with Crippen LogP contribution in [0.1, 0.15) is 15.9 Å². The van der Waals surface area contributed by atoms with Crippen molar-refractivity contribution in [3.05, 3.63) is 58.6 Å². The first kappa shape index (κ1) is 16.7. The molecule has 1 saturated heterocycles. The van der Waals surface area contributed by atoms with Crippen molar-refractivity contribution in [3.8, 4) is 0 Å². The lowest BCUT2D eigenvalue weighted by Gasteiger charge is -2.35. The van der Waals surface area contributed by atoms with Crippen LogP contribution in [-0.4, -0.2) is 46.9 Å². The predicted octanol–water partition coefficient (Wildman–Crippen LogP) is 2.41. The van der Waals surface area contributed by atoms with Crippen LogP contribution in [0.15, 0.2) is 36.7 Å². The lowest BCUT2D eigenvalue weighted by atomic mass is 10.1. The van der Waals surface area contributed by atoms with Gasteiger partial charge in [0.1, 0.15) is 5.82 Å². The molecule has 5 nitrogen and oxygen atoms in total. The summed E-state index contributed by atoms with van der Waals surface area (Å²) in [5.41, 5.74) is 6.80. The van der Waals surface area contributed by atoms with Crippen LogP contribution in [0.3, 0.4) is 0 Å². The quantitative estimate of drug-likeness (QED) is 0.865. The summed E-state index contributed by atoms with van der Waals surface area (Å²) in [5.74, 6) is -0.948. The van der Waals surface area contributed by atoms with Crippen LogP contribution >= 0.6 is 11.6 Å². The lowest BCUT2D eigenvalue weighted by molar-refractivity contribution is 0.0629. The number of piperazine rings is 1. The van der Waals surface area contributed by atoms with Crippen LogP contribution in [0.5, 0.6) is 0 Å². The van der Waals surface area contributed by atoms with E-state index in [9.17, 15) is 9.18 Å². The van der Waals surface area contributed by atoms with Crippen molar-refractivity contribution >= 4 is 23.2 Å². The monoisotopic (exact) mass is 348 g/mol. The smallest absolute Gasteiger partial charge is 0.256 e. The third-order valence-electron chi connectivity index (χ3n) is 4.11. The summed E-state index contributed by atoms with van der Waals surface area (Å²) in [6.07, 6.45) is 3.58. The van der Waals surface area contributed by atoms with Gasteiger partial charge in [0, 0.05) is 50.1 Å². The van der Waals surface area contributed by atoms with Gasteiger partial charge in [-0.3, -0.25) is 14.7 Å². The largest absolute Gasteiger partial charge is 0.396 e. The first-order chi connectivity index (χ1) is 11.5. The summed E-state index contributed by atoms with van der Waals surface area (Å²) >= 11 is 5.84. The van der Waals surface area contributed by atoms with E-state index in [-0.39, 0.29) is 22.2 Å². The van der Waals surface area contributed by atoms with E-state index < -0.39 is 5.82 Å². The molecule has 0 saturated carbocycles. The average molecular weight is 349 g/mol. The van der Waals surface area contributed by atoms with Crippen LogP contribution < -0.4 is 5.73 Å². The topological polar surface area (TPSA) is 62.5 Å². The van der Waals surface area contributed by atoms with E-state index in [1.165, 1.54) is 6.07 Å². The molecule has 1 fully saturated rings. The van der Waals surface area contributed by atoms with Gasteiger partial charge >= 0.3 is 0 Å². The zero-order valence-electron chi connectivity index (χ0n) is 13.1. The number of halogens is 2. The van der Waals surface area contributed by atoms with Crippen molar-refractivity contribution < 1.29 is 9.18 Å². The van der Waals surface area contributed by atoms with Gasteiger partial charge in [-0.1, -0.05) is 17.7 Å². The standard InChI is InChI=1S/C17H18ClFN4O/c18-13-8-14(16(20)15(19)9-13)17(24)23-6-4-22(5-7-23)11-12-2-1-3-21-10-12/h1-3,8-10H,4-7,11,20H2. The molecule has 126 valence electrons. The molecule has 0 bridgehead atoms. The third-order valence-corrected chi connectivity index (χ3v) is 4.33. The molecule has 1 aromatic carbocycles. The highest BCUT2D eigenvalue weighted by atomic mass is 35.5. The van der Waals surface area contributed by atoms with Crippen molar-refractivity contribution in [1.82, 2.24) is 14.8 Å². The van der Waals surface area contributed by atoms with Crippen molar-refractivity contribution in [2.75, 3.05) is 31.9 Å². The molecule has 2 heterocycles. The zero-order valence-corrected chi connectivity index (χ0v) is 13.8. The van der Waals surface area contributed by atoms with Gasteiger partial charge in [0.05, 0.1) is 11.3 Å². The van der Waals surface area contributed by atoms with Gasteiger partial charge in [-0.15, -0.1) is 0 Å². The fourth-order valence-corrected chi connectivity index (χ4v) is 3.00. The molecule has 0 atom stereocenters. The van der Waals surface area contributed by atoms with E-state index in [1.807, 2.05) is 18.3 Å². The number of amides is 1. The lowest BCUT2D eigenvalue weighted by Crippen LogP contribution is -2.48. The molecule has 1 aliphatic rings. The molecule has 1 aromatic heterocycles. The van der Waals surface area contributed by atoms with E-state index in [0.29, 0.717) is 13.1 Å². The molecule has 1 amide bonds. The Morgan fingerprint density at radius 3 is 2.71 bits per heavy atom.